The van der Waals surface area contributed by atoms with Crippen molar-refractivity contribution >= 4 is 32.6 Å². The molecule has 1 heterocycles. The van der Waals surface area contributed by atoms with Crippen molar-refractivity contribution in [1.29, 1.82) is 0 Å². The van der Waals surface area contributed by atoms with Gasteiger partial charge in [-0.15, -0.1) is 0 Å². The van der Waals surface area contributed by atoms with Gasteiger partial charge < -0.3 is 15.4 Å². The Hall–Kier alpha value is -1.66. The van der Waals surface area contributed by atoms with Crippen LogP contribution < -0.4 is 15.4 Å². The third-order valence-electron chi connectivity index (χ3n) is 2.65. The molecular weight excluding hydrogens is 250 g/mol. The van der Waals surface area contributed by atoms with Crippen molar-refractivity contribution in [3.63, 3.8) is 0 Å². The molecular formula is C12H15N3O2S. The lowest BCUT2D eigenvalue weighted by atomic mass is 10.3. The molecule has 0 spiro atoms. The molecule has 0 aliphatic heterocycles. The van der Waals surface area contributed by atoms with E-state index in [0.29, 0.717) is 5.13 Å². The van der Waals surface area contributed by atoms with Gasteiger partial charge in [0.05, 0.1) is 23.4 Å². The smallest absolute Gasteiger partial charge is 0.242 e. The zero-order valence-electron chi connectivity index (χ0n) is 10.5. The van der Waals surface area contributed by atoms with Crippen LogP contribution in [0.25, 0.3) is 10.2 Å². The van der Waals surface area contributed by atoms with Crippen LogP contribution in [0.4, 0.5) is 5.13 Å². The van der Waals surface area contributed by atoms with Crippen LogP contribution in [-0.2, 0) is 4.79 Å². The first-order chi connectivity index (χ1) is 8.63. The molecule has 96 valence electrons. The third kappa shape index (κ3) is 2.60. The Morgan fingerprint density at radius 1 is 1.50 bits per heavy atom. The van der Waals surface area contributed by atoms with Gasteiger partial charge in [-0.25, -0.2) is 4.98 Å². The van der Waals surface area contributed by atoms with Gasteiger partial charge in [-0.05, 0) is 32.2 Å². The van der Waals surface area contributed by atoms with E-state index in [2.05, 4.69) is 15.6 Å². The van der Waals surface area contributed by atoms with Gasteiger partial charge in [-0.3, -0.25) is 4.79 Å². The Kier molecular flexibility index (Phi) is 3.78. The van der Waals surface area contributed by atoms with Crippen LogP contribution in [-0.4, -0.2) is 31.1 Å². The summed E-state index contributed by atoms with van der Waals surface area (Å²) >= 11 is 1.43. The Labute approximate surface area is 109 Å². The number of hydrogen-bond donors (Lipinski definition) is 2. The molecule has 0 aliphatic rings. The van der Waals surface area contributed by atoms with Crippen LogP contribution in [0.1, 0.15) is 6.92 Å². The van der Waals surface area contributed by atoms with Crippen LogP contribution in [0.5, 0.6) is 5.75 Å². The Balaban J connectivity index is 2.22. The number of nitrogens with zero attached hydrogens (tertiary/aromatic N) is 1. The number of methoxy groups -OCH3 is 1. The molecule has 0 saturated heterocycles. The van der Waals surface area contributed by atoms with Crippen molar-refractivity contribution < 1.29 is 9.53 Å². The molecule has 2 N–H and O–H groups in total. The summed E-state index contributed by atoms with van der Waals surface area (Å²) in [7, 11) is 3.37. The molecule has 5 nitrogen and oxygen atoms in total. The summed E-state index contributed by atoms with van der Waals surface area (Å²) in [4.78, 5) is 16.1. The van der Waals surface area contributed by atoms with Gasteiger partial charge in [0.1, 0.15) is 5.75 Å². The number of hydrogen-bond acceptors (Lipinski definition) is 5. The highest BCUT2D eigenvalue weighted by atomic mass is 32.1. The maximum absolute atomic E-state index is 11.7. The second kappa shape index (κ2) is 5.32. The standard InChI is InChI=1S/C12H15N3O2S/c1-7(13-2)11(16)15-12-14-9-5-4-8(17-3)6-10(9)18-12/h4-7,13H,1-3H3,(H,14,15,16). The minimum Gasteiger partial charge on any atom is -0.497 e. The largest absolute Gasteiger partial charge is 0.497 e. The average molecular weight is 265 g/mol. The Bertz CT molecular complexity index is 567. The summed E-state index contributed by atoms with van der Waals surface area (Å²) < 4.78 is 6.14. The number of carbonyl (C=O) groups is 1. The molecule has 6 heteroatoms. The number of rotatable bonds is 4. The maximum atomic E-state index is 11.7. The van der Waals surface area contributed by atoms with Crippen molar-refractivity contribution in [1.82, 2.24) is 10.3 Å². The van der Waals surface area contributed by atoms with E-state index < -0.39 is 0 Å². The zero-order valence-corrected chi connectivity index (χ0v) is 11.3. The lowest BCUT2D eigenvalue weighted by Gasteiger charge is -2.08. The molecule has 2 aromatic rings. The first-order valence-electron chi connectivity index (χ1n) is 5.56. The summed E-state index contributed by atoms with van der Waals surface area (Å²) in [5, 5.41) is 6.27. The second-order valence-corrected chi connectivity index (χ2v) is 4.88. The predicted octanol–water partition coefficient (Wildman–Crippen LogP) is 1.85. The van der Waals surface area contributed by atoms with E-state index in [-0.39, 0.29) is 11.9 Å². The molecule has 0 saturated carbocycles. The lowest BCUT2D eigenvalue weighted by molar-refractivity contribution is -0.117. The Morgan fingerprint density at radius 3 is 2.94 bits per heavy atom. The topological polar surface area (TPSA) is 63.2 Å². The van der Waals surface area contributed by atoms with E-state index in [9.17, 15) is 4.79 Å². The van der Waals surface area contributed by atoms with Crippen molar-refractivity contribution in [3.8, 4) is 5.75 Å². The summed E-state index contributed by atoms with van der Waals surface area (Å²) in [5.74, 6) is 0.691. The molecule has 0 fully saturated rings. The van der Waals surface area contributed by atoms with Gasteiger partial charge in [0.2, 0.25) is 5.91 Å². The van der Waals surface area contributed by atoms with Crippen molar-refractivity contribution in [3.05, 3.63) is 18.2 Å². The molecule has 2 rings (SSSR count). The SMILES string of the molecule is CNC(C)C(=O)Nc1nc2ccc(OC)cc2s1. The Morgan fingerprint density at radius 2 is 2.28 bits per heavy atom. The number of thiazole rings is 1. The summed E-state index contributed by atoms with van der Waals surface area (Å²) in [6, 6.07) is 5.39. The highest BCUT2D eigenvalue weighted by molar-refractivity contribution is 7.22. The maximum Gasteiger partial charge on any atom is 0.242 e. The number of likely N-dealkylation sites (N-methyl/N-ethyl adjacent to an activating group) is 1. The van der Waals surface area contributed by atoms with Crippen LogP contribution >= 0.6 is 11.3 Å². The number of amides is 1. The van der Waals surface area contributed by atoms with E-state index in [1.807, 2.05) is 18.2 Å². The van der Waals surface area contributed by atoms with Gasteiger partial charge >= 0.3 is 0 Å². The van der Waals surface area contributed by atoms with E-state index in [0.717, 1.165) is 16.0 Å². The molecule has 0 radical (unpaired) electrons. The molecule has 0 bridgehead atoms. The highest BCUT2D eigenvalue weighted by Crippen LogP contribution is 2.29. The molecule has 1 amide bonds. The molecule has 0 aliphatic carbocycles. The molecule has 1 aromatic carbocycles. The highest BCUT2D eigenvalue weighted by Gasteiger charge is 2.13. The van der Waals surface area contributed by atoms with Gasteiger partial charge in [-0.2, -0.15) is 0 Å². The van der Waals surface area contributed by atoms with E-state index in [4.69, 9.17) is 4.74 Å². The fraction of sp³-hybridized carbons (Fsp3) is 0.333. The number of carbonyl (C=O) groups excluding carboxylic acids is 1. The minimum atomic E-state index is -0.244. The average Bonchev–Trinajstić information content (AvgIpc) is 2.78. The molecule has 1 atom stereocenters. The number of ether oxygens (including phenoxy) is 1. The van der Waals surface area contributed by atoms with Crippen LogP contribution in [0.2, 0.25) is 0 Å². The van der Waals surface area contributed by atoms with Gasteiger partial charge in [0, 0.05) is 0 Å². The fourth-order valence-electron chi connectivity index (χ4n) is 1.43. The van der Waals surface area contributed by atoms with Crippen LogP contribution in [0, 0.1) is 0 Å². The minimum absolute atomic E-state index is 0.0940. The number of benzene rings is 1. The van der Waals surface area contributed by atoms with Gasteiger partial charge in [0.25, 0.3) is 0 Å². The second-order valence-electron chi connectivity index (χ2n) is 3.85. The third-order valence-corrected chi connectivity index (χ3v) is 3.59. The number of anilines is 1. The summed E-state index contributed by atoms with van der Waals surface area (Å²) in [5.41, 5.74) is 0.855. The van der Waals surface area contributed by atoms with Gasteiger partial charge in [-0.1, -0.05) is 11.3 Å². The van der Waals surface area contributed by atoms with Crippen molar-refractivity contribution in [2.24, 2.45) is 0 Å². The predicted molar refractivity (Wildman–Crippen MR) is 73.3 cm³/mol. The first-order valence-corrected chi connectivity index (χ1v) is 6.38. The number of aromatic nitrogens is 1. The molecule has 1 unspecified atom stereocenters. The van der Waals surface area contributed by atoms with Crippen LogP contribution in [0.3, 0.4) is 0 Å². The lowest BCUT2D eigenvalue weighted by Crippen LogP contribution is -2.35. The quantitative estimate of drug-likeness (QED) is 0.885. The van der Waals surface area contributed by atoms with Crippen molar-refractivity contribution in [2.75, 3.05) is 19.5 Å². The van der Waals surface area contributed by atoms with E-state index in [1.54, 1.807) is 21.1 Å². The monoisotopic (exact) mass is 265 g/mol. The fourth-order valence-corrected chi connectivity index (χ4v) is 2.33. The summed E-state index contributed by atoms with van der Waals surface area (Å²) in [6.45, 7) is 1.80. The molecule has 1 aromatic heterocycles. The number of nitrogens with one attached hydrogen (secondary N) is 2. The van der Waals surface area contributed by atoms with Crippen LogP contribution in [0.15, 0.2) is 18.2 Å². The van der Waals surface area contributed by atoms with E-state index in [1.165, 1.54) is 11.3 Å². The molecule has 18 heavy (non-hydrogen) atoms. The normalized spacial score (nSPS) is 12.4. The zero-order chi connectivity index (χ0) is 13.1. The van der Waals surface area contributed by atoms with Gasteiger partial charge in [0.15, 0.2) is 5.13 Å². The van der Waals surface area contributed by atoms with E-state index >= 15 is 0 Å². The van der Waals surface area contributed by atoms with Crippen molar-refractivity contribution in [2.45, 2.75) is 13.0 Å². The number of fused-ring (bicyclic) bond motifs is 1. The summed E-state index contributed by atoms with van der Waals surface area (Å²) in [6.07, 6.45) is 0. The first kappa shape index (κ1) is 12.8.